The van der Waals surface area contributed by atoms with Crippen LogP contribution in [0.3, 0.4) is 0 Å². The second-order valence-corrected chi connectivity index (χ2v) is 9.22. The first-order valence-corrected chi connectivity index (χ1v) is 11.4. The summed E-state index contributed by atoms with van der Waals surface area (Å²) in [4.78, 5) is 8.91. The number of aliphatic hydroxyl groups is 1. The van der Waals surface area contributed by atoms with E-state index in [1.807, 2.05) is 24.3 Å². The number of aliphatic hydroxyl groups excluding tert-OH is 1. The molecule has 152 valence electrons. The van der Waals surface area contributed by atoms with Gasteiger partial charge in [-0.15, -0.1) is 0 Å². The van der Waals surface area contributed by atoms with Crippen molar-refractivity contribution < 1.29 is 13.5 Å². The van der Waals surface area contributed by atoms with E-state index in [2.05, 4.69) is 9.97 Å². The first-order valence-electron chi connectivity index (χ1n) is 9.09. The quantitative estimate of drug-likeness (QED) is 0.593. The van der Waals surface area contributed by atoms with Gasteiger partial charge in [-0.25, -0.2) is 18.4 Å². The van der Waals surface area contributed by atoms with E-state index >= 15 is 0 Å². The van der Waals surface area contributed by atoms with Gasteiger partial charge in [-0.1, -0.05) is 35.9 Å². The molecule has 3 rings (SSSR count). The number of sulfone groups is 1. The van der Waals surface area contributed by atoms with Crippen molar-refractivity contribution in [2.24, 2.45) is 0 Å². The van der Waals surface area contributed by atoms with E-state index in [0.717, 1.165) is 29.7 Å². The molecule has 0 unspecified atom stereocenters. The molecule has 1 aromatic heterocycles. The van der Waals surface area contributed by atoms with Crippen LogP contribution in [0.15, 0.2) is 53.4 Å². The Morgan fingerprint density at radius 3 is 2.45 bits per heavy atom. The lowest BCUT2D eigenvalue weighted by atomic mass is 10.0. The van der Waals surface area contributed by atoms with Crippen LogP contribution in [0.2, 0.25) is 5.02 Å². The molecule has 1 heterocycles. The van der Waals surface area contributed by atoms with Crippen molar-refractivity contribution >= 4 is 27.4 Å². The molecule has 6 nitrogen and oxygen atoms in total. The Morgan fingerprint density at radius 2 is 1.79 bits per heavy atom. The van der Waals surface area contributed by atoms with Crippen LogP contribution >= 0.6 is 11.6 Å². The van der Waals surface area contributed by atoms with Crippen molar-refractivity contribution in [3.8, 4) is 11.3 Å². The van der Waals surface area contributed by atoms with Crippen LogP contribution in [0.1, 0.15) is 23.2 Å². The number of nitrogens with two attached hydrogens (primary N) is 1. The molecule has 0 saturated carbocycles. The van der Waals surface area contributed by atoms with E-state index in [0.29, 0.717) is 27.6 Å². The zero-order valence-electron chi connectivity index (χ0n) is 16.0. The lowest BCUT2D eigenvalue weighted by molar-refractivity contribution is 0.282. The molecule has 29 heavy (non-hydrogen) atoms. The fraction of sp³-hybridized carbons (Fsp3) is 0.238. The van der Waals surface area contributed by atoms with Crippen LogP contribution < -0.4 is 5.73 Å². The smallest absolute Gasteiger partial charge is 0.220 e. The van der Waals surface area contributed by atoms with Crippen LogP contribution in [0, 0.1) is 0 Å². The van der Waals surface area contributed by atoms with Crippen LogP contribution in [-0.2, 0) is 29.3 Å². The fourth-order valence-corrected chi connectivity index (χ4v) is 3.99. The van der Waals surface area contributed by atoms with Crippen molar-refractivity contribution in [2.75, 3.05) is 12.0 Å². The first kappa shape index (κ1) is 21.2. The number of nitrogen functional groups attached to an aromatic ring is 1. The number of nitrogens with zero attached hydrogens (tertiary/aromatic N) is 2. The van der Waals surface area contributed by atoms with Gasteiger partial charge < -0.3 is 10.8 Å². The number of benzene rings is 2. The molecule has 0 saturated heterocycles. The number of anilines is 1. The average molecular weight is 432 g/mol. The number of halogens is 1. The normalized spacial score (nSPS) is 11.6. The van der Waals surface area contributed by atoms with E-state index in [9.17, 15) is 13.5 Å². The lowest BCUT2D eigenvalue weighted by Crippen LogP contribution is -2.03. The zero-order chi connectivity index (χ0) is 21.0. The molecule has 0 radical (unpaired) electrons. The highest BCUT2D eigenvalue weighted by molar-refractivity contribution is 7.90. The maximum absolute atomic E-state index is 11.5. The molecule has 2 aromatic carbocycles. The molecule has 0 aliphatic heterocycles. The van der Waals surface area contributed by atoms with Gasteiger partial charge in [-0.2, -0.15) is 0 Å². The van der Waals surface area contributed by atoms with E-state index < -0.39 is 9.84 Å². The van der Waals surface area contributed by atoms with E-state index in [4.69, 9.17) is 17.3 Å². The monoisotopic (exact) mass is 431 g/mol. The topological polar surface area (TPSA) is 106 Å². The van der Waals surface area contributed by atoms with E-state index in [1.165, 1.54) is 6.26 Å². The Kier molecular flexibility index (Phi) is 6.52. The molecule has 0 aliphatic carbocycles. The minimum Gasteiger partial charge on any atom is -0.392 e. The molecule has 3 aromatic rings. The highest BCUT2D eigenvalue weighted by Gasteiger charge is 2.12. The number of hydrogen-bond donors (Lipinski definition) is 2. The van der Waals surface area contributed by atoms with Crippen LogP contribution in [0.4, 0.5) is 5.95 Å². The summed E-state index contributed by atoms with van der Waals surface area (Å²) < 4.78 is 23.1. The van der Waals surface area contributed by atoms with Crippen LogP contribution in [0.25, 0.3) is 11.3 Å². The van der Waals surface area contributed by atoms with E-state index in [1.54, 1.807) is 24.3 Å². The third kappa shape index (κ3) is 5.32. The van der Waals surface area contributed by atoms with Gasteiger partial charge in [0.25, 0.3) is 0 Å². The molecule has 3 N–H and O–H groups in total. The number of aryl methyl sites for hydroxylation is 2. The second kappa shape index (κ2) is 8.90. The summed E-state index contributed by atoms with van der Waals surface area (Å²) >= 11 is 6.18. The Balaban J connectivity index is 1.74. The summed E-state index contributed by atoms with van der Waals surface area (Å²) in [5.41, 5.74) is 9.69. The molecular formula is C21H22ClN3O3S. The van der Waals surface area contributed by atoms with E-state index in [-0.39, 0.29) is 12.6 Å². The first-order chi connectivity index (χ1) is 13.8. The van der Waals surface area contributed by atoms with Gasteiger partial charge in [0.15, 0.2) is 9.84 Å². The van der Waals surface area contributed by atoms with Gasteiger partial charge in [-0.05, 0) is 49.1 Å². The Hall–Kier alpha value is -2.48. The molecule has 0 fully saturated rings. The van der Waals surface area contributed by atoms with Crippen molar-refractivity contribution in [2.45, 2.75) is 30.8 Å². The maximum Gasteiger partial charge on any atom is 0.220 e. The number of rotatable bonds is 7. The molecule has 8 heteroatoms. The predicted octanol–water partition coefficient (Wildman–Crippen LogP) is 3.45. The van der Waals surface area contributed by atoms with Crippen LogP contribution in [-0.4, -0.2) is 29.7 Å². The largest absolute Gasteiger partial charge is 0.392 e. The molecule has 0 bridgehead atoms. The molecular weight excluding hydrogens is 410 g/mol. The Morgan fingerprint density at radius 1 is 1.07 bits per heavy atom. The Labute approximate surface area is 175 Å². The summed E-state index contributed by atoms with van der Waals surface area (Å²) in [6.45, 7) is -0.197. The van der Waals surface area contributed by atoms with Crippen molar-refractivity contribution in [1.82, 2.24) is 9.97 Å². The van der Waals surface area contributed by atoms with Gasteiger partial charge in [0.2, 0.25) is 5.95 Å². The minimum absolute atomic E-state index is 0.166. The van der Waals surface area contributed by atoms with Crippen molar-refractivity contribution in [3.05, 3.63) is 70.4 Å². The number of hydrogen-bond acceptors (Lipinski definition) is 6. The summed E-state index contributed by atoms with van der Waals surface area (Å²) in [6, 6.07) is 14.1. The summed E-state index contributed by atoms with van der Waals surface area (Å²) in [7, 11) is -3.19. The van der Waals surface area contributed by atoms with Gasteiger partial charge in [0.1, 0.15) is 0 Å². The average Bonchev–Trinajstić information content (AvgIpc) is 2.67. The number of aromatic nitrogens is 2. The lowest BCUT2D eigenvalue weighted by Gasteiger charge is -2.11. The summed E-state index contributed by atoms with van der Waals surface area (Å²) in [6.07, 6.45) is 3.47. The van der Waals surface area contributed by atoms with Crippen LogP contribution in [0.5, 0.6) is 0 Å². The summed E-state index contributed by atoms with van der Waals surface area (Å²) in [5.74, 6) is 0.166. The highest BCUT2D eigenvalue weighted by atomic mass is 35.5. The molecule has 0 aliphatic rings. The SMILES string of the molecule is CS(=O)(=O)c1ccc(CCCc2cc(-c3cccc(Cl)c3CO)nc(N)n2)cc1. The molecule has 0 atom stereocenters. The van der Waals surface area contributed by atoms with Gasteiger partial charge >= 0.3 is 0 Å². The maximum atomic E-state index is 11.5. The summed E-state index contributed by atoms with van der Waals surface area (Å²) in [5, 5.41) is 10.1. The van der Waals surface area contributed by atoms with Gasteiger partial charge in [0.05, 0.1) is 17.2 Å². The van der Waals surface area contributed by atoms with Gasteiger partial charge in [-0.3, -0.25) is 0 Å². The molecule has 0 spiro atoms. The molecule has 0 amide bonds. The predicted molar refractivity (Wildman–Crippen MR) is 114 cm³/mol. The van der Waals surface area contributed by atoms with Crippen molar-refractivity contribution in [1.29, 1.82) is 0 Å². The van der Waals surface area contributed by atoms with Crippen molar-refractivity contribution in [3.63, 3.8) is 0 Å². The third-order valence-electron chi connectivity index (χ3n) is 4.60. The zero-order valence-corrected chi connectivity index (χ0v) is 17.5. The second-order valence-electron chi connectivity index (χ2n) is 6.80. The Bertz CT molecular complexity index is 1120. The fourth-order valence-electron chi connectivity index (χ4n) is 3.12. The van der Waals surface area contributed by atoms with Gasteiger partial charge in [0, 0.05) is 28.1 Å². The minimum atomic E-state index is -3.19. The standard InChI is InChI=1S/C21H22ClN3O3S/c1-29(27,28)16-10-8-14(9-11-16)4-2-5-15-12-20(25-21(23)24-15)17-6-3-7-19(22)18(17)13-26/h3,6-12,26H,2,4-5,13H2,1H3,(H2,23,24,25). The third-order valence-corrected chi connectivity index (χ3v) is 6.08. The highest BCUT2D eigenvalue weighted by Crippen LogP contribution is 2.29.